The van der Waals surface area contributed by atoms with E-state index in [1.54, 1.807) is 23.9 Å². The summed E-state index contributed by atoms with van der Waals surface area (Å²) >= 11 is 1.14. The van der Waals surface area contributed by atoms with Crippen LogP contribution >= 0.6 is 11.3 Å². The number of carbonyl (C=O) groups is 2. The molecule has 165 valence electrons. The van der Waals surface area contributed by atoms with Crippen molar-refractivity contribution in [3.05, 3.63) is 42.4 Å². The summed E-state index contributed by atoms with van der Waals surface area (Å²) in [5.74, 6) is -0.916. The third-order valence-electron chi connectivity index (χ3n) is 6.27. The van der Waals surface area contributed by atoms with Gasteiger partial charge in [0.15, 0.2) is 5.13 Å². The molecule has 6 nitrogen and oxygen atoms in total. The van der Waals surface area contributed by atoms with Crippen LogP contribution in [0, 0.1) is 12.3 Å². The molecule has 2 fully saturated rings. The quantitative estimate of drug-likeness (QED) is 0.771. The number of fused-ring (bicyclic) bond motifs is 2. The number of nitrogens with zero attached hydrogens (tertiary/aromatic N) is 3. The van der Waals surface area contributed by atoms with Gasteiger partial charge in [-0.15, -0.1) is 0 Å². The van der Waals surface area contributed by atoms with Crippen LogP contribution in [0.3, 0.4) is 0 Å². The lowest BCUT2D eigenvalue weighted by atomic mass is 9.80. The van der Waals surface area contributed by atoms with Gasteiger partial charge in [0.1, 0.15) is 5.69 Å². The molecule has 3 atom stereocenters. The summed E-state index contributed by atoms with van der Waals surface area (Å²) in [5, 5.41) is 0.491. The fourth-order valence-electron chi connectivity index (χ4n) is 4.60. The fourth-order valence-corrected chi connectivity index (χ4v) is 5.58. The van der Waals surface area contributed by atoms with E-state index in [9.17, 15) is 22.8 Å². The Morgan fingerprint density at radius 2 is 2.06 bits per heavy atom. The number of likely N-dealkylation sites (tertiary alicyclic amines) is 1. The van der Waals surface area contributed by atoms with Gasteiger partial charge in [0, 0.05) is 26.2 Å². The molecule has 0 spiro atoms. The van der Waals surface area contributed by atoms with E-state index in [0.29, 0.717) is 29.3 Å². The number of amides is 2. The third kappa shape index (κ3) is 3.37. The average Bonchev–Trinajstić information content (AvgIpc) is 3.39. The molecule has 1 aliphatic carbocycles. The largest absolute Gasteiger partial charge is 0.416 e. The van der Waals surface area contributed by atoms with Crippen LogP contribution in [0.5, 0.6) is 0 Å². The average molecular weight is 451 g/mol. The molecule has 1 aromatic carbocycles. The summed E-state index contributed by atoms with van der Waals surface area (Å²) in [5.41, 5.74) is 4.30. The number of benzene rings is 1. The van der Waals surface area contributed by atoms with Gasteiger partial charge in [0.25, 0.3) is 5.91 Å². The maximum atomic E-state index is 13.6. The SMILES string of the molecule is [CH2][C@H]1N(C(=O)c2nc(N(C)C)sc2-c2cccc(C(F)(F)F)c2)[C@H]2CC[C@@]1(C(N)=O)C2. The van der Waals surface area contributed by atoms with Crippen LogP contribution in [-0.2, 0) is 11.0 Å². The van der Waals surface area contributed by atoms with Crippen molar-refractivity contribution in [2.24, 2.45) is 11.1 Å². The highest BCUT2D eigenvalue weighted by Crippen LogP contribution is 2.52. The second-order valence-corrected chi connectivity index (χ2v) is 9.27. The zero-order chi connectivity index (χ0) is 22.7. The zero-order valence-electron chi connectivity index (χ0n) is 17.1. The Bertz CT molecular complexity index is 1050. The van der Waals surface area contributed by atoms with E-state index in [1.807, 2.05) is 0 Å². The minimum absolute atomic E-state index is 0.0637. The van der Waals surface area contributed by atoms with Crippen LogP contribution in [0.15, 0.2) is 24.3 Å². The van der Waals surface area contributed by atoms with Crippen LogP contribution in [0.2, 0.25) is 0 Å². The molecule has 2 amide bonds. The maximum absolute atomic E-state index is 13.6. The molecule has 1 radical (unpaired) electrons. The van der Waals surface area contributed by atoms with Gasteiger partial charge in [0.05, 0.1) is 15.9 Å². The molecule has 10 heteroatoms. The second-order valence-electron chi connectivity index (χ2n) is 8.29. The van der Waals surface area contributed by atoms with E-state index in [4.69, 9.17) is 5.73 Å². The van der Waals surface area contributed by atoms with Crippen LogP contribution in [0.4, 0.5) is 18.3 Å². The summed E-state index contributed by atoms with van der Waals surface area (Å²) in [6.07, 6.45) is -2.85. The molecule has 2 heterocycles. The molecule has 1 aromatic heterocycles. The lowest BCUT2D eigenvalue weighted by Gasteiger charge is -2.37. The lowest BCUT2D eigenvalue weighted by molar-refractivity contribution is -0.137. The topological polar surface area (TPSA) is 79.5 Å². The van der Waals surface area contributed by atoms with Gasteiger partial charge in [-0.3, -0.25) is 9.59 Å². The van der Waals surface area contributed by atoms with Crippen LogP contribution < -0.4 is 10.6 Å². The molecular formula is C21H22F3N4O2S. The number of piperidine rings is 1. The highest BCUT2D eigenvalue weighted by Gasteiger charge is 2.60. The van der Waals surface area contributed by atoms with Gasteiger partial charge >= 0.3 is 6.18 Å². The molecule has 1 saturated carbocycles. The number of primary amides is 1. The molecular weight excluding hydrogens is 429 g/mol. The van der Waals surface area contributed by atoms with Gasteiger partial charge in [-0.2, -0.15) is 13.2 Å². The Morgan fingerprint density at radius 1 is 1.35 bits per heavy atom. The van der Waals surface area contributed by atoms with Crippen molar-refractivity contribution in [3.63, 3.8) is 0 Å². The van der Waals surface area contributed by atoms with E-state index < -0.39 is 35.0 Å². The summed E-state index contributed by atoms with van der Waals surface area (Å²) in [7, 11) is 3.49. The predicted octanol–water partition coefficient (Wildman–Crippen LogP) is 3.58. The van der Waals surface area contributed by atoms with Gasteiger partial charge in [0.2, 0.25) is 5.91 Å². The number of thiazole rings is 1. The van der Waals surface area contributed by atoms with Crippen LogP contribution in [-0.4, -0.2) is 47.9 Å². The van der Waals surface area contributed by atoms with Gasteiger partial charge in [-0.1, -0.05) is 23.5 Å². The first-order valence-electron chi connectivity index (χ1n) is 9.77. The Hall–Kier alpha value is -2.62. The monoisotopic (exact) mass is 451 g/mol. The number of aromatic nitrogens is 1. The number of rotatable bonds is 4. The Morgan fingerprint density at radius 3 is 2.65 bits per heavy atom. The van der Waals surface area contributed by atoms with E-state index in [-0.39, 0.29) is 17.3 Å². The summed E-state index contributed by atoms with van der Waals surface area (Å²) < 4.78 is 39.7. The molecule has 2 aromatic rings. The van der Waals surface area contributed by atoms with Gasteiger partial charge in [-0.25, -0.2) is 4.98 Å². The molecule has 2 aliphatic rings. The first-order valence-corrected chi connectivity index (χ1v) is 10.6. The van der Waals surface area contributed by atoms with Gasteiger partial charge < -0.3 is 15.5 Å². The second kappa shape index (κ2) is 7.22. The number of nitrogens with two attached hydrogens (primary N) is 1. The fraction of sp³-hybridized carbons (Fsp3) is 0.429. The molecule has 0 unspecified atom stereocenters. The maximum Gasteiger partial charge on any atom is 0.416 e. The molecule has 2 bridgehead atoms. The molecule has 2 N–H and O–H groups in total. The highest BCUT2D eigenvalue weighted by molar-refractivity contribution is 7.19. The van der Waals surface area contributed by atoms with Crippen LogP contribution in [0.1, 0.15) is 35.3 Å². The minimum atomic E-state index is -4.50. The zero-order valence-corrected chi connectivity index (χ0v) is 17.9. The predicted molar refractivity (Wildman–Crippen MR) is 111 cm³/mol. The van der Waals surface area contributed by atoms with Crippen molar-refractivity contribution in [2.45, 2.75) is 37.5 Å². The number of alkyl halides is 3. The van der Waals surface area contributed by atoms with E-state index in [2.05, 4.69) is 11.9 Å². The Labute approximate surface area is 181 Å². The molecule has 4 rings (SSSR count). The molecule has 1 saturated heterocycles. The van der Waals surface area contributed by atoms with Crippen molar-refractivity contribution in [1.82, 2.24) is 9.88 Å². The Balaban J connectivity index is 1.78. The Kier molecular flexibility index (Phi) is 5.03. The van der Waals surface area contributed by atoms with E-state index in [1.165, 1.54) is 12.1 Å². The van der Waals surface area contributed by atoms with Crippen LogP contribution in [0.25, 0.3) is 10.4 Å². The van der Waals surface area contributed by atoms with Crippen molar-refractivity contribution in [2.75, 3.05) is 19.0 Å². The summed E-state index contributed by atoms with van der Waals surface area (Å²) in [6, 6.07) is 4.01. The van der Waals surface area contributed by atoms with Crippen molar-refractivity contribution in [3.8, 4) is 10.4 Å². The van der Waals surface area contributed by atoms with Crippen molar-refractivity contribution >= 4 is 28.3 Å². The first kappa shape index (κ1) is 21.6. The first-order chi connectivity index (χ1) is 14.5. The summed E-state index contributed by atoms with van der Waals surface area (Å²) in [6.45, 7) is 4.05. The summed E-state index contributed by atoms with van der Waals surface area (Å²) in [4.78, 5) is 33.7. The molecule has 1 aliphatic heterocycles. The number of hydrogen-bond donors (Lipinski definition) is 1. The number of hydrogen-bond acceptors (Lipinski definition) is 5. The molecule has 31 heavy (non-hydrogen) atoms. The number of halogens is 3. The number of carbonyl (C=O) groups excluding carboxylic acids is 2. The van der Waals surface area contributed by atoms with E-state index in [0.717, 1.165) is 23.5 Å². The van der Waals surface area contributed by atoms with Crippen molar-refractivity contribution < 1.29 is 22.8 Å². The standard InChI is InChI=1S/C21H22F3N4O2S/c1-11-20(18(25)30)8-7-14(10-20)28(11)17(29)15-16(31-19(26-15)27(2)3)12-5-4-6-13(9-12)21(22,23)24/h4-6,9,11,14H,1,7-8,10H2,2-3H3,(H2,25,30)/t11-,14+,20-/m1/s1. The van der Waals surface area contributed by atoms with Crippen molar-refractivity contribution in [1.29, 1.82) is 0 Å². The van der Waals surface area contributed by atoms with E-state index >= 15 is 0 Å². The smallest absolute Gasteiger partial charge is 0.369 e. The number of anilines is 1. The normalized spacial score (nSPS) is 25.2. The highest BCUT2D eigenvalue weighted by atomic mass is 32.1. The third-order valence-corrected chi connectivity index (χ3v) is 7.54. The minimum Gasteiger partial charge on any atom is -0.369 e. The lowest BCUT2D eigenvalue weighted by Crippen LogP contribution is -2.51. The van der Waals surface area contributed by atoms with Gasteiger partial charge in [-0.05, 0) is 43.9 Å².